The van der Waals surface area contributed by atoms with Gasteiger partial charge in [0.2, 0.25) is 0 Å². The Hall–Kier alpha value is -1.48. The van der Waals surface area contributed by atoms with Gasteiger partial charge in [-0.15, -0.1) is 0 Å². The van der Waals surface area contributed by atoms with Gasteiger partial charge in [0.15, 0.2) is 0 Å². The Morgan fingerprint density at radius 3 is 2.92 bits per heavy atom. The van der Waals surface area contributed by atoms with E-state index in [0.29, 0.717) is 0 Å². The van der Waals surface area contributed by atoms with Crippen LogP contribution in [0.5, 0.6) is 0 Å². The summed E-state index contributed by atoms with van der Waals surface area (Å²) in [6, 6.07) is 5.73. The van der Waals surface area contributed by atoms with Gasteiger partial charge in [0, 0.05) is 17.5 Å². The molecule has 2 aromatic rings. The van der Waals surface area contributed by atoms with Crippen LogP contribution in [0.1, 0.15) is 23.1 Å². The minimum absolute atomic E-state index is 0.118. The largest absolute Gasteiger partial charge is 0.469 e. The molecule has 2 rings (SSSR count). The summed E-state index contributed by atoms with van der Waals surface area (Å²) in [6.45, 7) is 1.91. The molecule has 0 saturated heterocycles. The predicted octanol–water partition coefficient (Wildman–Crippen LogP) is 1.96. The molecule has 0 bridgehead atoms. The highest BCUT2D eigenvalue weighted by molar-refractivity contribution is 5.25. The molecule has 0 aromatic carbocycles. The van der Waals surface area contributed by atoms with Crippen LogP contribution < -0.4 is 5.73 Å². The number of H-pyrrole nitrogens is 1. The highest BCUT2D eigenvalue weighted by atomic mass is 16.3. The lowest BCUT2D eigenvalue weighted by atomic mass is 10.1. The highest BCUT2D eigenvalue weighted by Gasteiger charge is 2.11. The number of hydrogen-bond acceptors (Lipinski definition) is 2. The first kappa shape index (κ1) is 8.13. The van der Waals surface area contributed by atoms with Crippen molar-refractivity contribution in [3.05, 3.63) is 47.7 Å². The number of aromatic amines is 1. The van der Waals surface area contributed by atoms with E-state index in [4.69, 9.17) is 10.2 Å². The molecule has 0 aliphatic rings. The van der Waals surface area contributed by atoms with Crippen molar-refractivity contribution in [2.45, 2.75) is 13.0 Å². The third kappa shape index (κ3) is 1.51. The van der Waals surface area contributed by atoms with Crippen LogP contribution in [0.2, 0.25) is 0 Å². The second-order valence-electron chi connectivity index (χ2n) is 3.09. The molecule has 68 valence electrons. The number of rotatable bonds is 2. The summed E-state index contributed by atoms with van der Waals surface area (Å²) < 4.78 is 5.19. The van der Waals surface area contributed by atoms with Gasteiger partial charge >= 0.3 is 0 Å². The van der Waals surface area contributed by atoms with E-state index in [2.05, 4.69) is 4.98 Å². The van der Waals surface area contributed by atoms with E-state index in [9.17, 15) is 0 Å². The smallest absolute Gasteiger partial charge is 0.101 e. The first-order chi connectivity index (χ1) is 6.27. The first-order valence-corrected chi connectivity index (χ1v) is 4.21. The molecule has 1 unspecified atom stereocenters. The maximum atomic E-state index is 5.98. The topological polar surface area (TPSA) is 55.0 Å². The molecular formula is C10H12N2O. The SMILES string of the molecule is Cc1cc(C(N)c2ccc[nH]2)co1. The van der Waals surface area contributed by atoms with Gasteiger partial charge in [0.25, 0.3) is 0 Å². The van der Waals surface area contributed by atoms with E-state index in [1.54, 1.807) is 6.26 Å². The van der Waals surface area contributed by atoms with E-state index in [-0.39, 0.29) is 6.04 Å². The molecule has 2 aromatic heterocycles. The summed E-state index contributed by atoms with van der Waals surface area (Å²) in [5.74, 6) is 0.886. The van der Waals surface area contributed by atoms with Gasteiger partial charge in [-0.3, -0.25) is 0 Å². The van der Waals surface area contributed by atoms with Crippen molar-refractivity contribution in [1.29, 1.82) is 0 Å². The van der Waals surface area contributed by atoms with Crippen molar-refractivity contribution in [2.24, 2.45) is 5.73 Å². The fourth-order valence-corrected chi connectivity index (χ4v) is 1.34. The lowest BCUT2D eigenvalue weighted by Crippen LogP contribution is -2.10. The Balaban J connectivity index is 2.28. The second-order valence-corrected chi connectivity index (χ2v) is 3.09. The minimum atomic E-state index is -0.118. The molecule has 13 heavy (non-hydrogen) atoms. The fourth-order valence-electron chi connectivity index (χ4n) is 1.34. The van der Waals surface area contributed by atoms with Crippen LogP contribution in [0.15, 0.2) is 35.1 Å². The summed E-state index contributed by atoms with van der Waals surface area (Å²) in [6.07, 6.45) is 3.56. The molecule has 1 atom stereocenters. The predicted molar refractivity (Wildman–Crippen MR) is 50.3 cm³/mol. The maximum Gasteiger partial charge on any atom is 0.101 e. The summed E-state index contributed by atoms with van der Waals surface area (Å²) in [5, 5.41) is 0. The first-order valence-electron chi connectivity index (χ1n) is 4.21. The second kappa shape index (κ2) is 3.11. The molecule has 3 nitrogen and oxygen atoms in total. The Bertz CT molecular complexity index is 375. The zero-order valence-electron chi connectivity index (χ0n) is 7.45. The van der Waals surface area contributed by atoms with Gasteiger partial charge in [-0.25, -0.2) is 0 Å². The quantitative estimate of drug-likeness (QED) is 0.734. The molecule has 0 aliphatic heterocycles. The molecule has 0 amide bonds. The number of hydrogen-bond donors (Lipinski definition) is 2. The van der Waals surface area contributed by atoms with Gasteiger partial charge in [0.1, 0.15) is 5.76 Å². The lowest BCUT2D eigenvalue weighted by molar-refractivity contribution is 0.530. The van der Waals surface area contributed by atoms with Gasteiger partial charge < -0.3 is 15.1 Å². The summed E-state index contributed by atoms with van der Waals surface area (Å²) >= 11 is 0. The zero-order chi connectivity index (χ0) is 9.26. The van der Waals surface area contributed by atoms with Gasteiger partial charge in [-0.1, -0.05) is 0 Å². The Morgan fingerprint density at radius 1 is 1.54 bits per heavy atom. The Morgan fingerprint density at radius 2 is 2.38 bits per heavy atom. The summed E-state index contributed by atoms with van der Waals surface area (Å²) in [7, 11) is 0. The molecule has 2 heterocycles. The van der Waals surface area contributed by atoms with Crippen LogP contribution in [-0.4, -0.2) is 4.98 Å². The van der Waals surface area contributed by atoms with Crippen molar-refractivity contribution in [1.82, 2.24) is 4.98 Å². The average Bonchev–Trinajstić information content (AvgIpc) is 2.72. The Kier molecular flexibility index (Phi) is 1.94. The molecule has 0 fully saturated rings. The van der Waals surface area contributed by atoms with E-state index in [1.807, 2.05) is 31.3 Å². The van der Waals surface area contributed by atoms with Crippen molar-refractivity contribution >= 4 is 0 Å². The van der Waals surface area contributed by atoms with Crippen molar-refractivity contribution in [2.75, 3.05) is 0 Å². The number of aromatic nitrogens is 1. The monoisotopic (exact) mass is 176 g/mol. The number of nitrogens with one attached hydrogen (secondary N) is 1. The number of furan rings is 1. The standard InChI is InChI=1S/C10H12N2O/c1-7-5-8(6-13-7)10(11)9-3-2-4-12-9/h2-6,10,12H,11H2,1H3. The van der Waals surface area contributed by atoms with E-state index < -0.39 is 0 Å². The average molecular weight is 176 g/mol. The van der Waals surface area contributed by atoms with Gasteiger partial charge in [-0.2, -0.15) is 0 Å². The normalized spacial score (nSPS) is 13.1. The molecule has 3 N–H and O–H groups in total. The van der Waals surface area contributed by atoms with Crippen molar-refractivity contribution in [3.8, 4) is 0 Å². The molecular weight excluding hydrogens is 164 g/mol. The van der Waals surface area contributed by atoms with E-state index in [1.165, 1.54) is 0 Å². The van der Waals surface area contributed by atoms with Crippen LogP contribution in [0.4, 0.5) is 0 Å². The van der Waals surface area contributed by atoms with Crippen molar-refractivity contribution in [3.63, 3.8) is 0 Å². The van der Waals surface area contributed by atoms with Gasteiger partial charge in [-0.05, 0) is 25.1 Å². The van der Waals surface area contributed by atoms with E-state index >= 15 is 0 Å². The molecule has 3 heteroatoms. The molecule has 0 aliphatic carbocycles. The van der Waals surface area contributed by atoms with Crippen LogP contribution in [-0.2, 0) is 0 Å². The Labute approximate surface area is 76.6 Å². The maximum absolute atomic E-state index is 5.98. The zero-order valence-corrected chi connectivity index (χ0v) is 7.45. The molecule has 0 saturated carbocycles. The van der Waals surface area contributed by atoms with Crippen LogP contribution in [0, 0.1) is 6.92 Å². The molecule has 0 spiro atoms. The van der Waals surface area contributed by atoms with Crippen LogP contribution in [0.3, 0.4) is 0 Å². The summed E-state index contributed by atoms with van der Waals surface area (Å²) in [4.78, 5) is 3.08. The number of aryl methyl sites for hydroxylation is 1. The fraction of sp³-hybridized carbons (Fsp3) is 0.200. The minimum Gasteiger partial charge on any atom is -0.469 e. The van der Waals surface area contributed by atoms with Crippen LogP contribution >= 0.6 is 0 Å². The van der Waals surface area contributed by atoms with Crippen LogP contribution in [0.25, 0.3) is 0 Å². The third-order valence-electron chi connectivity index (χ3n) is 2.07. The number of nitrogens with two attached hydrogens (primary N) is 1. The third-order valence-corrected chi connectivity index (χ3v) is 2.07. The van der Waals surface area contributed by atoms with Crippen molar-refractivity contribution < 1.29 is 4.42 Å². The lowest BCUT2D eigenvalue weighted by Gasteiger charge is -2.05. The molecule has 0 radical (unpaired) electrons. The highest BCUT2D eigenvalue weighted by Crippen LogP contribution is 2.19. The van der Waals surface area contributed by atoms with Gasteiger partial charge in [0.05, 0.1) is 12.3 Å². The summed E-state index contributed by atoms with van der Waals surface area (Å²) in [5.41, 5.74) is 7.98. The van der Waals surface area contributed by atoms with E-state index in [0.717, 1.165) is 17.0 Å².